The number of anilines is 2. The number of nitrogens with two attached hydrogens (primary N) is 1. The molecule has 252 valence electrons. The molecule has 0 aliphatic carbocycles. The predicted molar refractivity (Wildman–Crippen MR) is 161 cm³/mol. The van der Waals surface area contributed by atoms with E-state index in [1.54, 1.807) is 0 Å². The molecule has 8 nitrogen and oxygen atoms in total. The molecule has 0 spiro atoms. The summed E-state index contributed by atoms with van der Waals surface area (Å²) in [7, 11) is 0. The lowest BCUT2D eigenvalue weighted by atomic mass is 9.93. The number of aromatic nitrogens is 3. The highest BCUT2D eigenvalue weighted by atomic mass is 19.4. The van der Waals surface area contributed by atoms with Gasteiger partial charge in [0.1, 0.15) is 23.6 Å². The highest BCUT2D eigenvalue weighted by molar-refractivity contribution is 5.92. The number of nitrogens with one attached hydrogen (secondary N) is 1. The van der Waals surface area contributed by atoms with Crippen molar-refractivity contribution in [3.05, 3.63) is 46.7 Å². The van der Waals surface area contributed by atoms with Crippen molar-refractivity contribution in [2.75, 3.05) is 43.4 Å². The average Bonchev–Trinajstić information content (AvgIpc) is 3.67. The second-order valence-corrected chi connectivity index (χ2v) is 13.3. The van der Waals surface area contributed by atoms with E-state index in [2.05, 4.69) is 27.2 Å². The topological polar surface area (TPSA) is 92.4 Å². The van der Waals surface area contributed by atoms with Gasteiger partial charge in [0.05, 0.1) is 27.7 Å². The Balaban J connectivity index is 1.37. The predicted octanol–water partition coefficient (Wildman–Crippen LogP) is 6.37. The van der Waals surface area contributed by atoms with Crippen LogP contribution < -0.4 is 20.7 Å². The molecule has 47 heavy (non-hydrogen) atoms. The Morgan fingerprint density at radius 1 is 1.17 bits per heavy atom. The minimum absolute atomic E-state index is 0.0382. The first-order valence-electron chi connectivity index (χ1n) is 15.7. The van der Waals surface area contributed by atoms with Gasteiger partial charge in [-0.25, -0.2) is 8.78 Å². The van der Waals surface area contributed by atoms with Gasteiger partial charge >= 0.3 is 12.2 Å². The van der Waals surface area contributed by atoms with Crippen molar-refractivity contribution < 1.29 is 35.5 Å². The molecule has 3 aromatic rings. The minimum Gasteiger partial charge on any atom is -0.461 e. The fourth-order valence-electron chi connectivity index (χ4n) is 8.11. The number of hydrogen-bond donors (Lipinski definition) is 2. The van der Waals surface area contributed by atoms with E-state index in [1.807, 2.05) is 9.80 Å². The van der Waals surface area contributed by atoms with Crippen molar-refractivity contribution in [1.29, 1.82) is 0 Å². The number of benzene rings is 1. The summed E-state index contributed by atoms with van der Waals surface area (Å²) in [6.45, 7) is 4.88. The Hall–Kier alpha value is -3.72. The summed E-state index contributed by atoms with van der Waals surface area (Å²) in [4.78, 5) is 16.9. The maximum atomic E-state index is 16.6. The first-order valence-corrected chi connectivity index (χ1v) is 15.7. The zero-order valence-corrected chi connectivity index (χ0v) is 25.9. The second-order valence-electron chi connectivity index (χ2n) is 13.3. The van der Waals surface area contributed by atoms with Crippen LogP contribution in [0.2, 0.25) is 0 Å². The normalized spacial score (nSPS) is 26.0. The Labute approximate surface area is 266 Å². The largest absolute Gasteiger partial charge is 0.461 e. The van der Waals surface area contributed by atoms with Crippen LogP contribution in [0.3, 0.4) is 0 Å². The van der Waals surface area contributed by atoms with E-state index in [1.165, 1.54) is 0 Å². The first kappa shape index (κ1) is 31.9. The molecule has 7 rings (SSSR count). The quantitative estimate of drug-likeness (QED) is 0.232. The molecule has 4 aliphatic rings. The molecule has 1 aromatic carbocycles. The van der Waals surface area contributed by atoms with Crippen LogP contribution >= 0.6 is 0 Å². The van der Waals surface area contributed by atoms with Gasteiger partial charge in [0.15, 0.2) is 11.6 Å². The van der Waals surface area contributed by atoms with E-state index in [0.29, 0.717) is 26.1 Å². The summed E-state index contributed by atoms with van der Waals surface area (Å²) < 4.78 is 108. The van der Waals surface area contributed by atoms with Gasteiger partial charge in [-0.3, -0.25) is 9.88 Å². The van der Waals surface area contributed by atoms with Crippen LogP contribution in [-0.2, 0) is 6.18 Å². The molecular formula is C32H34F7N7O. The number of nitrogens with zero attached hydrogens (tertiary/aromatic N) is 5. The number of halogens is 7. The fourth-order valence-corrected chi connectivity index (χ4v) is 8.11. The standard InChI is InChI=1S/C32H34F7N7O/c1-3-30-7-5-18(44-30)13-45(14-30)28-19-11-41-26(21-22(32(37,38)39)16(2)9-20(40)23(21)33)24(34)25(19)42-29(43-28)47-15-31-6-4-8-46(31)12-17(10-31)27(35)36/h9,11,18,44H,3-8,10,12-15,40H2,1-2H3/t18?,30?,31-/m0/s1. The second kappa shape index (κ2) is 11.2. The molecular weight excluding hydrogens is 631 g/mol. The third-order valence-corrected chi connectivity index (χ3v) is 10.4. The lowest BCUT2D eigenvalue weighted by molar-refractivity contribution is -0.137. The molecule has 3 atom stereocenters. The molecule has 3 N–H and O–H groups in total. The number of rotatable bonds is 6. The smallest absolute Gasteiger partial charge is 0.417 e. The summed E-state index contributed by atoms with van der Waals surface area (Å²) in [5.41, 5.74) is 0.0175. The van der Waals surface area contributed by atoms with Gasteiger partial charge in [-0.2, -0.15) is 31.9 Å². The van der Waals surface area contributed by atoms with Crippen LogP contribution in [0.15, 0.2) is 23.9 Å². The fraction of sp³-hybridized carbons (Fsp3) is 0.531. The molecule has 2 unspecified atom stereocenters. The molecule has 0 radical (unpaired) electrons. The van der Waals surface area contributed by atoms with Gasteiger partial charge < -0.3 is 20.7 Å². The summed E-state index contributed by atoms with van der Waals surface area (Å²) in [5, 5.41) is 3.78. The highest BCUT2D eigenvalue weighted by Crippen LogP contribution is 2.46. The van der Waals surface area contributed by atoms with Gasteiger partial charge in [0, 0.05) is 43.0 Å². The number of nitrogen functional groups attached to an aromatic ring is 1. The summed E-state index contributed by atoms with van der Waals surface area (Å²) >= 11 is 0. The SMILES string of the molecule is CCC12CCC(CN(c3nc(OC[C@@]45CCCN4CC(=C(F)F)C5)nc4c(F)c(-c5c(F)c(N)cc(C)c5C(F)(F)F)ncc34)C1)N2. The summed E-state index contributed by atoms with van der Waals surface area (Å²) in [6.07, 6.45) is -1.47. The Morgan fingerprint density at radius 3 is 2.68 bits per heavy atom. The minimum atomic E-state index is -5.04. The van der Waals surface area contributed by atoms with Gasteiger partial charge in [-0.15, -0.1) is 0 Å². The van der Waals surface area contributed by atoms with Crippen LogP contribution in [0.25, 0.3) is 22.2 Å². The molecule has 4 saturated heterocycles. The van der Waals surface area contributed by atoms with E-state index in [-0.39, 0.29) is 53.9 Å². The van der Waals surface area contributed by atoms with Gasteiger partial charge in [0.2, 0.25) is 0 Å². The molecule has 15 heteroatoms. The van der Waals surface area contributed by atoms with Crippen LogP contribution in [0.5, 0.6) is 6.01 Å². The number of alkyl halides is 3. The van der Waals surface area contributed by atoms with E-state index in [9.17, 15) is 22.0 Å². The van der Waals surface area contributed by atoms with E-state index < -0.39 is 63.0 Å². The zero-order valence-electron chi connectivity index (χ0n) is 25.9. The molecule has 6 heterocycles. The molecule has 2 aromatic heterocycles. The number of piperazine rings is 1. The lowest BCUT2D eigenvalue weighted by Gasteiger charge is -2.42. The van der Waals surface area contributed by atoms with Gasteiger partial charge in [0.25, 0.3) is 6.08 Å². The maximum absolute atomic E-state index is 16.6. The van der Waals surface area contributed by atoms with E-state index in [0.717, 1.165) is 44.9 Å². The zero-order chi connectivity index (χ0) is 33.5. The van der Waals surface area contributed by atoms with Crippen molar-refractivity contribution in [2.45, 2.75) is 75.7 Å². The average molecular weight is 666 g/mol. The van der Waals surface area contributed by atoms with Crippen LogP contribution in [0.4, 0.5) is 42.2 Å². The number of ether oxygens (including phenoxy) is 1. The van der Waals surface area contributed by atoms with Crippen LogP contribution in [0, 0.1) is 18.6 Å². The van der Waals surface area contributed by atoms with Crippen LogP contribution in [-0.4, -0.2) is 69.8 Å². The number of pyridine rings is 1. The lowest BCUT2D eigenvalue weighted by Crippen LogP contribution is -2.59. The van der Waals surface area contributed by atoms with Crippen molar-refractivity contribution >= 4 is 22.4 Å². The monoisotopic (exact) mass is 665 g/mol. The Kier molecular flexibility index (Phi) is 7.58. The Morgan fingerprint density at radius 2 is 1.96 bits per heavy atom. The van der Waals surface area contributed by atoms with Crippen molar-refractivity contribution in [2.24, 2.45) is 0 Å². The van der Waals surface area contributed by atoms with Gasteiger partial charge in [-0.1, -0.05) is 6.92 Å². The number of aryl methyl sites for hydroxylation is 1. The van der Waals surface area contributed by atoms with Crippen LogP contribution in [0.1, 0.15) is 56.6 Å². The van der Waals surface area contributed by atoms with Gasteiger partial charge in [-0.05, 0) is 63.6 Å². The number of fused-ring (bicyclic) bond motifs is 4. The Bertz CT molecular complexity index is 1800. The van der Waals surface area contributed by atoms with Crippen molar-refractivity contribution in [1.82, 2.24) is 25.2 Å². The van der Waals surface area contributed by atoms with E-state index >= 15 is 8.78 Å². The molecule has 0 amide bonds. The third kappa shape index (κ3) is 5.25. The molecule has 4 fully saturated rings. The van der Waals surface area contributed by atoms with Crippen molar-refractivity contribution in [3.8, 4) is 17.3 Å². The molecule has 0 saturated carbocycles. The molecule has 4 aliphatic heterocycles. The van der Waals surface area contributed by atoms with Crippen molar-refractivity contribution in [3.63, 3.8) is 0 Å². The summed E-state index contributed by atoms with van der Waals surface area (Å²) in [6, 6.07) is 0.706. The third-order valence-electron chi connectivity index (χ3n) is 10.4. The van der Waals surface area contributed by atoms with E-state index in [4.69, 9.17) is 10.5 Å². The highest BCUT2D eigenvalue weighted by Gasteiger charge is 2.49. The molecule has 2 bridgehead atoms. The summed E-state index contributed by atoms with van der Waals surface area (Å²) in [5.74, 6) is -2.47. The number of hydrogen-bond acceptors (Lipinski definition) is 8. The first-order chi connectivity index (χ1) is 22.2. The maximum Gasteiger partial charge on any atom is 0.417 e.